The molecule has 0 unspecified atom stereocenters. The SMILES string of the molecule is CCCCCCCCc1csc(-c2ccc(N3C(=O)c4ccc5c6ccc7c8c(ccc(c9ccc(c4c59)C3=O)c86)C(=O)N(c3ccc(Br)cc3)C7=O)cc2)c1. The van der Waals surface area contributed by atoms with E-state index in [4.69, 9.17) is 0 Å². The van der Waals surface area contributed by atoms with Crippen LogP contribution in [-0.4, -0.2) is 23.6 Å². The van der Waals surface area contributed by atoms with Gasteiger partial charge in [0.2, 0.25) is 0 Å². The number of carbonyl (C=O) groups is 4. The Bertz CT molecular complexity index is 2830. The normalized spacial score (nSPS) is 14.1. The third-order valence-electron chi connectivity index (χ3n) is 11.6. The Morgan fingerprint density at radius 3 is 1.39 bits per heavy atom. The van der Waals surface area contributed by atoms with Gasteiger partial charge < -0.3 is 0 Å². The zero-order valence-electron chi connectivity index (χ0n) is 30.7. The van der Waals surface area contributed by atoms with Gasteiger partial charge >= 0.3 is 0 Å². The quantitative estimate of drug-likeness (QED) is 0.0596. The Hall–Kier alpha value is -5.70. The third-order valence-corrected chi connectivity index (χ3v) is 13.2. The number of hydrogen-bond acceptors (Lipinski definition) is 5. The molecule has 56 heavy (non-hydrogen) atoms. The van der Waals surface area contributed by atoms with Crippen LogP contribution in [0.25, 0.3) is 53.5 Å². The first-order valence-corrected chi connectivity index (χ1v) is 20.9. The molecule has 0 N–H and O–H groups in total. The summed E-state index contributed by atoms with van der Waals surface area (Å²) in [6.45, 7) is 2.24. The van der Waals surface area contributed by atoms with Gasteiger partial charge in [0.25, 0.3) is 23.6 Å². The minimum atomic E-state index is -0.377. The largest absolute Gasteiger partial charge is 0.268 e. The molecule has 0 spiro atoms. The molecule has 6 nitrogen and oxygen atoms in total. The van der Waals surface area contributed by atoms with Gasteiger partial charge in [-0.05, 0) is 128 Å². The van der Waals surface area contributed by atoms with Gasteiger partial charge in [-0.3, -0.25) is 19.2 Å². The number of fused-ring (bicyclic) bond motifs is 2. The van der Waals surface area contributed by atoms with E-state index in [0.717, 1.165) is 48.8 Å². The summed E-state index contributed by atoms with van der Waals surface area (Å²) in [6.07, 6.45) is 8.74. The van der Waals surface area contributed by atoms with E-state index in [0.29, 0.717) is 44.4 Å². The number of thiophene rings is 1. The van der Waals surface area contributed by atoms with Crippen LogP contribution in [0.2, 0.25) is 0 Å². The number of rotatable bonds is 10. The minimum absolute atomic E-state index is 0.364. The standard InChI is InChI=1S/C48H35BrN2O4S/c1-2-3-4-5-6-7-8-27-25-40(56-26-27)28-9-13-30(14-10-28)50-45(52)36-21-17-32-34-19-23-38-44-39(48(55)51(47(38)54)31-15-11-29(49)12-16-31)24-20-35(42(34)44)33-18-22-37(46(50)53)43(36)41(32)33/h9-26H,2-8H2,1H3. The molecule has 0 saturated heterocycles. The van der Waals surface area contributed by atoms with Crippen molar-refractivity contribution in [1.29, 1.82) is 0 Å². The van der Waals surface area contributed by atoms with Crippen molar-refractivity contribution in [3.8, 4) is 10.4 Å². The molecule has 274 valence electrons. The van der Waals surface area contributed by atoms with Crippen molar-refractivity contribution >= 4 is 105 Å². The molecule has 2 aliphatic heterocycles. The van der Waals surface area contributed by atoms with E-state index >= 15 is 0 Å². The van der Waals surface area contributed by atoms with Gasteiger partial charge in [0.05, 0.1) is 11.4 Å². The molecule has 2 aliphatic rings. The summed E-state index contributed by atoms with van der Waals surface area (Å²) in [7, 11) is 0. The van der Waals surface area contributed by atoms with E-state index in [-0.39, 0.29) is 23.6 Å². The Kier molecular flexibility index (Phi) is 8.38. The number of benzene rings is 7. The molecule has 3 heterocycles. The first kappa shape index (κ1) is 34.8. The lowest BCUT2D eigenvalue weighted by molar-refractivity contribution is 0.0877. The molecular formula is C48H35BrN2O4S. The zero-order chi connectivity index (χ0) is 38.2. The average molecular weight is 816 g/mol. The first-order valence-electron chi connectivity index (χ1n) is 19.2. The summed E-state index contributed by atoms with van der Waals surface area (Å²) in [5, 5.41) is 8.58. The number of nitrogens with zero attached hydrogens (tertiary/aromatic N) is 2. The summed E-state index contributed by atoms with van der Waals surface area (Å²) in [4.78, 5) is 60.3. The molecule has 10 rings (SSSR count). The second-order valence-corrected chi connectivity index (χ2v) is 16.7. The van der Waals surface area contributed by atoms with Gasteiger partial charge in [-0.15, -0.1) is 11.3 Å². The molecule has 8 aromatic rings. The molecule has 1 aromatic heterocycles. The number of hydrogen-bond donors (Lipinski definition) is 0. The summed E-state index contributed by atoms with van der Waals surface area (Å²) >= 11 is 5.16. The number of aryl methyl sites for hydroxylation is 1. The van der Waals surface area contributed by atoms with E-state index in [1.54, 1.807) is 35.6 Å². The summed E-state index contributed by atoms with van der Waals surface area (Å²) in [5.74, 6) is -1.48. The van der Waals surface area contributed by atoms with Crippen LogP contribution < -0.4 is 9.80 Å². The highest BCUT2D eigenvalue weighted by Crippen LogP contribution is 2.47. The number of unbranched alkanes of at least 4 members (excludes halogenated alkanes) is 5. The van der Waals surface area contributed by atoms with E-state index in [1.165, 1.54) is 58.8 Å². The summed E-state index contributed by atoms with van der Waals surface area (Å²) in [6, 6.07) is 32.0. The van der Waals surface area contributed by atoms with Gasteiger partial charge in [0.1, 0.15) is 0 Å². The van der Waals surface area contributed by atoms with Crippen LogP contribution in [0.1, 0.15) is 92.4 Å². The lowest BCUT2D eigenvalue weighted by Gasteiger charge is -2.30. The highest BCUT2D eigenvalue weighted by molar-refractivity contribution is 9.10. The van der Waals surface area contributed by atoms with Gasteiger partial charge in [-0.2, -0.15) is 0 Å². The smallest absolute Gasteiger partial charge is 0.265 e. The molecule has 8 heteroatoms. The van der Waals surface area contributed by atoms with Gasteiger partial charge in [-0.1, -0.05) is 91.4 Å². The van der Waals surface area contributed by atoms with Crippen molar-refractivity contribution in [2.45, 2.75) is 51.9 Å². The predicted octanol–water partition coefficient (Wildman–Crippen LogP) is 12.7. The molecule has 4 amide bonds. The van der Waals surface area contributed by atoms with E-state index in [1.807, 2.05) is 72.8 Å². The lowest BCUT2D eigenvalue weighted by Crippen LogP contribution is -2.40. The number of halogens is 1. The van der Waals surface area contributed by atoms with Gasteiger partial charge in [-0.25, -0.2) is 9.80 Å². The van der Waals surface area contributed by atoms with Crippen LogP contribution in [-0.2, 0) is 6.42 Å². The maximum atomic E-state index is 14.3. The van der Waals surface area contributed by atoms with Crippen LogP contribution in [0, 0.1) is 0 Å². The molecule has 0 bridgehead atoms. The van der Waals surface area contributed by atoms with Crippen LogP contribution in [0.15, 0.2) is 113 Å². The molecule has 0 fully saturated rings. The van der Waals surface area contributed by atoms with Crippen molar-refractivity contribution in [3.63, 3.8) is 0 Å². The summed E-state index contributed by atoms with van der Waals surface area (Å²) in [5.41, 5.74) is 5.29. The maximum Gasteiger partial charge on any atom is 0.265 e. The number of imide groups is 2. The van der Waals surface area contributed by atoms with Crippen molar-refractivity contribution in [2.24, 2.45) is 0 Å². The molecule has 7 aromatic carbocycles. The predicted molar refractivity (Wildman–Crippen MR) is 231 cm³/mol. The molecule has 0 atom stereocenters. The second-order valence-electron chi connectivity index (χ2n) is 14.9. The molecule has 0 radical (unpaired) electrons. The highest BCUT2D eigenvalue weighted by Gasteiger charge is 2.38. The Balaban J connectivity index is 1.00. The Labute approximate surface area is 335 Å². The highest BCUT2D eigenvalue weighted by atomic mass is 79.9. The summed E-state index contributed by atoms with van der Waals surface area (Å²) < 4.78 is 0.850. The fraction of sp³-hybridized carbons (Fsp3) is 0.167. The number of carbonyl (C=O) groups excluding carboxylic acids is 4. The Morgan fingerprint density at radius 2 is 0.929 bits per heavy atom. The van der Waals surface area contributed by atoms with Gasteiger partial charge in [0, 0.05) is 42.4 Å². The Morgan fingerprint density at radius 1 is 0.500 bits per heavy atom. The fourth-order valence-corrected chi connectivity index (χ4v) is 10.1. The van der Waals surface area contributed by atoms with Crippen LogP contribution in [0.5, 0.6) is 0 Å². The van der Waals surface area contributed by atoms with E-state index < -0.39 is 0 Å². The lowest BCUT2D eigenvalue weighted by atomic mass is 9.82. The van der Waals surface area contributed by atoms with Crippen LogP contribution in [0.3, 0.4) is 0 Å². The second kappa shape index (κ2) is 13.5. The van der Waals surface area contributed by atoms with Crippen molar-refractivity contribution < 1.29 is 19.2 Å². The third kappa shape index (κ3) is 5.26. The first-order chi connectivity index (χ1) is 27.3. The molecular weight excluding hydrogens is 781 g/mol. The van der Waals surface area contributed by atoms with Crippen molar-refractivity contribution in [2.75, 3.05) is 9.80 Å². The number of anilines is 2. The fourth-order valence-electron chi connectivity index (χ4n) is 8.87. The molecule has 0 saturated carbocycles. The topological polar surface area (TPSA) is 74.8 Å². The van der Waals surface area contributed by atoms with Gasteiger partial charge in [0.15, 0.2) is 0 Å². The van der Waals surface area contributed by atoms with Crippen LogP contribution in [0.4, 0.5) is 11.4 Å². The van der Waals surface area contributed by atoms with Crippen LogP contribution >= 0.6 is 27.3 Å². The monoisotopic (exact) mass is 814 g/mol. The minimum Gasteiger partial charge on any atom is -0.268 e. The van der Waals surface area contributed by atoms with E-state index in [9.17, 15) is 19.2 Å². The van der Waals surface area contributed by atoms with Crippen molar-refractivity contribution in [3.05, 3.63) is 141 Å². The number of amides is 4. The van der Waals surface area contributed by atoms with E-state index in [2.05, 4.69) is 34.3 Å². The zero-order valence-corrected chi connectivity index (χ0v) is 33.1. The molecule has 0 aliphatic carbocycles. The maximum absolute atomic E-state index is 14.3. The average Bonchev–Trinajstić information content (AvgIpc) is 3.70. The van der Waals surface area contributed by atoms with Crippen molar-refractivity contribution in [1.82, 2.24) is 0 Å².